The maximum absolute atomic E-state index is 13.6. The molecule has 0 aliphatic carbocycles. The van der Waals surface area contributed by atoms with Crippen molar-refractivity contribution in [3.63, 3.8) is 0 Å². The summed E-state index contributed by atoms with van der Waals surface area (Å²) in [6.07, 6.45) is 4.82. The predicted molar refractivity (Wildman–Crippen MR) is 127 cm³/mol. The molecule has 1 aliphatic heterocycles. The first-order valence-electron chi connectivity index (χ1n) is 11.7. The Labute approximate surface area is 189 Å². The van der Waals surface area contributed by atoms with Crippen LogP contribution in [0, 0.1) is 11.3 Å². The van der Waals surface area contributed by atoms with E-state index >= 15 is 0 Å². The summed E-state index contributed by atoms with van der Waals surface area (Å²) in [5, 5.41) is 3.10. The summed E-state index contributed by atoms with van der Waals surface area (Å²) >= 11 is 0. The number of amides is 2. The molecular formula is C25H45N3O3. The summed E-state index contributed by atoms with van der Waals surface area (Å²) in [6.45, 7) is 18.5. The van der Waals surface area contributed by atoms with Gasteiger partial charge in [0.1, 0.15) is 6.04 Å². The van der Waals surface area contributed by atoms with Gasteiger partial charge >= 0.3 is 0 Å². The molecule has 31 heavy (non-hydrogen) atoms. The Bertz CT molecular complexity index is 676. The van der Waals surface area contributed by atoms with Gasteiger partial charge in [0.25, 0.3) is 0 Å². The van der Waals surface area contributed by atoms with Gasteiger partial charge in [0.2, 0.25) is 11.8 Å². The largest absolute Gasteiger partial charge is 0.342 e. The lowest BCUT2D eigenvalue weighted by atomic mass is 9.84. The molecular weight excluding hydrogens is 390 g/mol. The summed E-state index contributed by atoms with van der Waals surface area (Å²) in [5.41, 5.74) is 0.198. The maximum atomic E-state index is 13.6. The van der Waals surface area contributed by atoms with Gasteiger partial charge in [0.15, 0.2) is 5.78 Å². The van der Waals surface area contributed by atoms with Crippen LogP contribution < -0.4 is 5.32 Å². The number of hydrogen-bond acceptors (Lipinski definition) is 4. The number of carbonyl (C=O) groups is 3. The van der Waals surface area contributed by atoms with Crippen molar-refractivity contribution in [3.05, 3.63) is 11.6 Å². The summed E-state index contributed by atoms with van der Waals surface area (Å²) in [4.78, 5) is 42.6. The second kappa shape index (κ2) is 11.3. The molecule has 1 rings (SSSR count). The van der Waals surface area contributed by atoms with Gasteiger partial charge in [-0.15, -0.1) is 0 Å². The van der Waals surface area contributed by atoms with Crippen LogP contribution >= 0.6 is 0 Å². The number of allylic oxidation sites excluding steroid dienone is 1. The number of carbonyl (C=O) groups excluding carboxylic acids is 3. The first-order chi connectivity index (χ1) is 14.2. The average Bonchev–Trinajstić information content (AvgIpc) is 2.67. The van der Waals surface area contributed by atoms with Crippen LogP contribution in [0.15, 0.2) is 11.6 Å². The fourth-order valence-corrected chi connectivity index (χ4v) is 4.22. The standard InChI is InChI=1S/C25H45N3O3/c1-16(2)21(15-18(5)19(6)29)27(10)24(31)22(25(7,8)9)26-23(30)20-13-11-12-14-28(20)17(3)4/h15-17,20-22H,11-14H2,1-10H3,(H,26,30)/b18-15+/t20?,21-,22-/m1/s1. The highest BCUT2D eigenvalue weighted by atomic mass is 16.2. The van der Waals surface area contributed by atoms with E-state index in [0.29, 0.717) is 5.57 Å². The summed E-state index contributed by atoms with van der Waals surface area (Å²) in [6, 6.07) is -0.779. The number of likely N-dealkylation sites (N-methyl/N-ethyl adjacent to an activating group) is 1. The van der Waals surface area contributed by atoms with Gasteiger partial charge in [-0.3, -0.25) is 19.3 Å². The molecule has 0 aromatic carbocycles. The zero-order valence-corrected chi connectivity index (χ0v) is 21.4. The van der Waals surface area contributed by atoms with Crippen molar-refractivity contribution in [1.29, 1.82) is 0 Å². The first kappa shape index (κ1) is 27.3. The lowest BCUT2D eigenvalue weighted by molar-refractivity contribution is -0.142. The van der Waals surface area contributed by atoms with Crippen molar-refractivity contribution in [2.45, 2.75) is 106 Å². The number of rotatable bonds is 8. The molecule has 1 fully saturated rings. The maximum Gasteiger partial charge on any atom is 0.245 e. The molecule has 1 unspecified atom stereocenters. The van der Waals surface area contributed by atoms with E-state index in [1.54, 1.807) is 18.9 Å². The van der Waals surface area contributed by atoms with Crippen molar-refractivity contribution in [1.82, 2.24) is 15.1 Å². The second-order valence-electron chi connectivity index (χ2n) is 10.7. The highest BCUT2D eigenvalue weighted by Crippen LogP contribution is 2.25. The van der Waals surface area contributed by atoms with Gasteiger partial charge in [0, 0.05) is 13.1 Å². The van der Waals surface area contributed by atoms with Crippen molar-refractivity contribution in [3.8, 4) is 0 Å². The van der Waals surface area contributed by atoms with Crippen molar-refractivity contribution < 1.29 is 14.4 Å². The smallest absolute Gasteiger partial charge is 0.245 e. The van der Waals surface area contributed by atoms with Crippen LogP contribution in [0.5, 0.6) is 0 Å². The molecule has 178 valence electrons. The highest BCUT2D eigenvalue weighted by Gasteiger charge is 2.39. The quantitative estimate of drug-likeness (QED) is 0.589. The minimum Gasteiger partial charge on any atom is -0.342 e. The van der Waals surface area contributed by atoms with E-state index in [2.05, 4.69) is 24.1 Å². The molecule has 1 heterocycles. The molecule has 2 amide bonds. The van der Waals surface area contributed by atoms with Crippen LogP contribution in [0.4, 0.5) is 0 Å². The molecule has 0 aromatic heterocycles. The predicted octanol–water partition coefficient (Wildman–Crippen LogP) is 3.80. The van der Waals surface area contributed by atoms with Crippen molar-refractivity contribution in [2.75, 3.05) is 13.6 Å². The van der Waals surface area contributed by atoms with Crippen LogP contribution in [-0.2, 0) is 14.4 Å². The van der Waals surface area contributed by atoms with Gasteiger partial charge < -0.3 is 10.2 Å². The molecule has 1 saturated heterocycles. The average molecular weight is 436 g/mol. The molecule has 3 atom stereocenters. The summed E-state index contributed by atoms with van der Waals surface area (Å²) < 4.78 is 0. The molecule has 0 spiro atoms. The monoisotopic (exact) mass is 435 g/mol. The van der Waals surface area contributed by atoms with Crippen LogP contribution in [0.3, 0.4) is 0 Å². The summed E-state index contributed by atoms with van der Waals surface area (Å²) in [7, 11) is 1.77. The molecule has 0 radical (unpaired) electrons. The van der Waals surface area contributed by atoms with E-state index in [1.165, 1.54) is 6.92 Å². The molecule has 6 heteroatoms. The Kier molecular flexibility index (Phi) is 9.93. The fraction of sp³-hybridized carbons (Fsp3) is 0.800. The van der Waals surface area contributed by atoms with Gasteiger partial charge in [-0.1, -0.05) is 47.1 Å². The number of Topliss-reactive ketones (excluding diaryl/α,β-unsaturated/α-hetero) is 1. The van der Waals surface area contributed by atoms with Gasteiger partial charge in [-0.25, -0.2) is 0 Å². The normalized spacial score (nSPS) is 20.5. The topological polar surface area (TPSA) is 69.7 Å². The zero-order valence-electron chi connectivity index (χ0n) is 21.4. The minimum absolute atomic E-state index is 0.00162. The molecule has 1 aliphatic rings. The van der Waals surface area contributed by atoms with Gasteiger partial charge in [-0.2, -0.15) is 0 Å². The summed E-state index contributed by atoms with van der Waals surface area (Å²) in [5.74, 6) is -0.0571. The second-order valence-corrected chi connectivity index (χ2v) is 10.7. The van der Waals surface area contributed by atoms with Crippen LogP contribution in [0.1, 0.15) is 81.6 Å². The number of nitrogens with zero attached hydrogens (tertiary/aromatic N) is 2. The minimum atomic E-state index is -0.645. The van der Waals surface area contributed by atoms with E-state index in [9.17, 15) is 14.4 Å². The Morgan fingerprint density at radius 2 is 1.65 bits per heavy atom. The third-order valence-electron chi connectivity index (χ3n) is 6.36. The highest BCUT2D eigenvalue weighted by molar-refractivity contribution is 5.93. The molecule has 0 saturated carbocycles. The van der Waals surface area contributed by atoms with E-state index in [-0.39, 0.29) is 41.6 Å². The van der Waals surface area contributed by atoms with Crippen molar-refractivity contribution >= 4 is 17.6 Å². The molecule has 0 bridgehead atoms. The Morgan fingerprint density at radius 3 is 2.10 bits per heavy atom. The van der Waals surface area contributed by atoms with Gasteiger partial charge in [0.05, 0.1) is 12.1 Å². The number of ketones is 1. The van der Waals surface area contributed by atoms with Crippen LogP contribution in [-0.4, -0.2) is 65.2 Å². The van der Waals surface area contributed by atoms with E-state index in [0.717, 1.165) is 25.8 Å². The number of piperidine rings is 1. The van der Waals surface area contributed by atoms with Crippen LogP contribution in [0.25, 0.3) is 0 Å². The molecule has 6 nitrogen and oxygen atoms in total. The Hall–Kier alpha value is -1.69. The van der Waals surface area contributed by atoms with Gasteiger partial charge in [-0.05, 0) is 64.0 Å². The Morgan fingerprint density at radius 1 is 1.06 bits per heavy atom. The third kappa shape index (κ3) is 7.44. The van der Waals surface area contributed by atoms with Crippen molar-refractivity contribution in [2.24, 2.45) is 11.3 Å². The first-order valence-corrected chi connectivity index (χ1v) is 11.7. The van der Waals surface area contributed by atoms with Crippen LogP contribution in [0.2, 0.25) is 0 Å². The third-order valence-corrected chi connectivity index (χ3v) is 6.36. The number of likely N-dealkylation sites (tertiary alicyclic amines) is 1. The molecule has 1 N–H and O–H groups in total. The Balaban J connectivity index is 3.15. The van der Waals surface area contributed by atoms with E-state index in [1.807, 2.05) is 40.7 Å². The zero-order chi connectivity index (χ0) is 24.1. The number of nitrogens with one attached hydrogen (secondary N) is 1. The van der Waals surface area contributed by atoms with E-state index < -0.39 is 11.5 Å². The molecule has 0 aromatic rings. The SMILES string of the molecule is CC(=O)/C(C)=C/[C@H](C(C)C)N(C)C(=O)[C@@H](NC(=O)C1CCCCN1C(C)C)C(C)(C)C. The lowest BCUT2D eigenvalue weighted by Crippen LogP contribution is -2.60. The lowest BCUT2D eigenvalue weighted by Gasteiger charge is -2.41. The number of hydrogen-bond donors (Lipinski definition) is 1. The van der Waals surface area contributed by atoms with E-state index in [4.69, 9.17) is 0 Å². The fourth-order valence-electron chi connectivity index (χ4n) is 4.22.